The van der Waals surface area contributed by atoms with Crippen LogP contribution in [0.2, 0.25) is 5.02 Å². The van der Waals surface area contributed by atoms with Crippen molar-refractivity contribution in [3.8, 4) is 5.75 Å². The summed E-state index contributed by atoms with van der Waals surface area (Å²) >= 11 is 7.67. The fourth-order valence-electron chi connectivity index (χ4n) is 2.55. The molecule has 0 aliphatic carbocycles. The van der Waals surface area contributed by atoms with Crippen molar-refractivity contribution >= 4 is 44.7 Å². The number of fused-ring (bicyclic) bond motifs is 1. The minimum Gasteiger partial charge on any atom is -0.495 e. The van der Waals surface area contributed by atoms with Crippen molar-refractivity contribution in [1.82, 2.24) is 9.88 Å². The first-order valence-electron chi connectivity index (χ1n) is 8.17. The Morgan fingerprint density at radius 3 is 2.85 bits per heavy atom. The summed E-state index contributed by atoms with van der Waals surface area (Å²) in [6, 6.07) is 12.8. The van der Waals surface area contributed by atoms with Gasteiger partial charge in [0, 0.05) is 5.02 Å². The van der Waals surface area contributed by atoms with Crippen LogP contribution in [-0.4, -0.2) is 36.0 Å². The van der Waals surface area contributed by atoms with Crippen LogP contribution in [0.1, 0.15) is 11.9 Å². The average molecular weight is 390 g/mol. The predicted octanol–water partition coefficient (Wildman–Crippen LogP) is 4.42. The summed E-state index contributed by atoms with van der Waals surface area (Å²) < 4.78 is 6.43. The highest BCUT2D eigenvalue weighted by Gasteiger charge is 2.20. The number of methoxy groups -OCH3 is 1. The van der Waals surface area contributed by atoms with Crippen molar-refractivity contribution in [2.45, 2.75) is 19.5 Å². The predicted molar refractivity (Wildman–Crippen MR) is 107 cm³/mol. The van der Waals surface area contributed by atoms with E-state index in [1.807, 2.05) is 37.1 Å². The molecule has 0 saturated carbocycles. The molecule has 1 atom stereocenters. The summed E-state index contributed by atoms with van der Waals surface area (Å²) in [6.07, 6.45) is 0. The first-order chi connectivity index (χ1) is 12.5. The third kappa shape index (κ3) is 4.15. The van der Waals surface area contributed by atoms with Crippen LogP contribution < -0.4 is 10.1 Å². The molecule has 0 spiro atoms. The second-order valence-electron chi connectivity index (χ2n) is 6.00. The van der Waals surface area contributed by atoms with Crippen LogP contribution in [0.4, 0.5) is 5.69 Å². The summed E-state index contributed by atoms with van der Waals surface area (Å²) in [4.78, 5) is 19.2. The van der Waals surface area contributed by atoms with Crippen LogP contribution in [-0.2, 0) is 11.3 Å². The molecule has 0 saturated heterocycles. The van der Waals surface area contributed by atoms with E-state index in [4.69, 9.17) is 16.3 Å². The van der Waals surface area contributed by atoms with Crippen LogP contribution in [0.5, 0.6) is 5.75 Å². The number of halogens is 1. The minimum atomic E-state index is -0.342. The van der Waals surface area contributed by atoms with Crippen LogP contribution in [0.15, 0.2) is 42.5 Å². The number of amides is 1. The maximum Gasteiger partial charge on any atom is 0.241 e. The zero-order valence-corrected chi connectivity index (χ0v) is 16.4. The van der Waals surface area contributed by atoms with Gasteiger partial charge >= 0.3 is 0 Å². The zero-order valence-electron chi connectivity index (χ0n) is 14.8. The third-order valence-corrected chi connectivity index (χ3v) is 5.44. The number of thiazole rings is 1. The number of nitrogens with zero attached hydrogens (tertiary/aromatic N) is 2. The Morgan fingerprint density at radius 1 is 1.35 bits per heavy atom. The SMILES string of the molecule is COc1ccc(Cl)cc1NC(=O)[C@H](C)N(C)Cc1nc2ccccc2s1. The smallest absolute Gasteiger partial charge is 0.241 e. The maximum absolute atomic E-state index is 12.6. The molecule has 0 aliphatic rings. The summed E-state index contributed by atoms with van der Waals surface area (Å²) in [5.41, 5.74) is 1.55. The summed E-state index contributed by atoms with van der Waals surface area (Å²) in [7, 11) is 3.47. The molecule has 0 radical (unpaired) electrons. The number of para-hydroxylation sites is 1. The Morgan fingerprint density at radius 2 is 2.12 bits per heavy atom. The number of benzene rings is 2. The normalized spacial score (nSPS) is 12.3. The molecule has 2 aromatic carbocycles. The van der Waals surface area contributed by atoms with Crippen LogP contribution in [0, 0.1) is 0 Å². The molecule has 0 aliphatic heterocycles. The number of rotatable bonds is 6. The van der Waals surface area contributed by atoms with E-state index in [1.165, 1.54) is 0 Å². The third-order valence-electron chi connectivity index (χ3n) is 4.18. The molecular formula is C19H20ClN3O2S. The monoisotopic (exact) mass is 389 g/mol. The van der Waals surface area contributed by atoms with E-state index in [9.17, 15) is 4.79 Å². The van der Waals surface area contributed by atoms with Crippen LogP contribution in [0.25, 0.3) is 10.2 Å². The molecule has 26 heavy (non-hydrogen) atoms. The van der Waals surface area contributed by atoms with Gasteiger partial charge in [0.25, 0.3) is 0 Å². The summed E-state index contributed by atoms with van der Waals surface area (Å²) in [6.45, 7) is 2.46. The lowest BCUT2D eigenvalue weighted by Gasteiger charge is -2.23. The molecule has 5 nitrogen and oxygen atoms in total. The number of carbonyl (C=O) groups is 1. The number of nitrogens with one attached hydrogen (secondary N) is 1. The number of ether oxygens (including phenoxy) is 1. The number of carbonyl (C=O) groups excluding carboxylic acids is 1. The Hall–Kier alpha value is -2.15. The lowest BCUT2D eigenvalue weighted by atomic mass is 10.2. The Balaban J connectivity index is 1.68. The van der Waals surface area contributed by atoms with E-state index in [-0.39, 0.29) is 11.9 Å². The van der Waals surface area contributed by atoms with Crippen molar-refractivity contribution in [3.63, 3.8) is 0 Å². The first-order valence-corrected chi connectivity index (χ1v) is 9.36. The van der Waals surface area contributed by atoms with Gasteiger partial charge in [0.05, 0.1) is 35.6 Å². The minimum absolute atomic E-state index is 0.130. The standard InChI is InChI=1S/C19H20ClN3O2S/c1-12(19(24)22-15-10-13(20)8-9-16(15)25-3)23(2)11-18-21-14-6-4-5-7-17(14)26-18/h4-10,12H,11H2,1-3H3,(H,22,24)/t12-/m0/s1. The zero-order chi connectivity index (χ0) is 18.7. The molecule has 3 rings (SSSR count). The lowest BCUT2D eigenvalue weighted by molar-refractivity contribution is -0.120. The lowest BCUT2D eigenvalue weighted by Crippen LogP contribution is -2.39. The summed E-state index contributed by atoms with van der Waals surface area (Å²) in [5, 5.41) is 4.41. The molecule has 1 amide bonds. The summed E-state index contributed by atoms with van der Waals surface area (Å²) in [5.74, 6) is 0.443. The van der Waals surface area contributed by atoms with E-state index in [1.54, 1.807) is 36.6 Å². The first kappa shape index (κ1) is 18.6. The van der Waals surface area contributed by atoms with Crippen molar-refractivity contribution in [2.75, 3.05) is 19.5 Å². The van der Waals surface area contributed by atoms with Crippen LogP contribution in [0.3, 0.4) is 0 Å². The molecule has 3 aromatic rings. The largest absolute Gasteiger partial charge is 0.495 e. The molecule has 1 heterocycles. The van der Waals surface area contributed by atoms with Gasteiger partial charge in [-0.2, -0.15) is 0 Å². The molecular weight excluding hydrogens is 370 g/mol. The molecule has 0 fully saturated rings. The Kier molecular flexibility index (Phi) is 5.76. The number of aromatic nitrogens is 1. The van der Waals surface area contributed by atoms with E-state index >= 15 is 0 Å². The van der Waals surface area contributed by atoms with Crippen molar-refractivity contribution in [2.24, 2.45) is 0 Å². The van der Waals surface area contributed by atoms with Gasteiger partial charge in [0.1, 0.15) is 10.8 Å². The van der Waals surface area contributed by atoms with E-state index in [0.717, 1.165) is 15.2 Å². The van der Waals surface area contributed by atoms with E-state index in [2.05, 4.69) is 16.4 Å². The molecule has 136 valence electrons. The quantitative estimate of drug-likeness (QED) is 0.678. The van der Waals surface area contributed by atoms with E-state index in [0.29, 0.717) is 23.0 Å². The van der Waals surface area contributed by atoms with Gasteiger partial charge in [-0.05, 0) is 44.3 Å². The van der Waals surface area contributed by atoms with Gasteiger partial charge in [0.2, 0.25) is 5.91 Å². The van der Waals surface area contributed by atoms with Crippen molar-refractivity contribution < 1.29 is 9.53 Å². The molecule has 1 N–H and O–H groups in total. The van der Waals surface area contributed by atoms with Gasteiger partial charge in [-0.3, -0.25) is 9.69 Å². The number of hydrogen-bond donors (Lipinski definition) is 1. The van der Waals surface area contributed by atoms with Crippen molar-refractivity contribution in [1.29, 1.82) is 0 Å². The molecule has 1 aromatic heterocycles. The fourth-order valence-corrected chi connectivity index (χ4v) is 3.76. The highest BCUT2D eigenvalue weighted by Crippen LogP contribution is 2.28. The second kappa shape index (κ2) is 8.03. The molecule has 0 bridgehead atoms. The molecule has 0 unspecified atom stereocenters. The van der Waals surface area contributed by atoms with Gasteiger partial charge < -0.3 is 10.1 Å². The topological polar surface area (TPSA) is 54.5 Å². The number of likely N-dealkylation sites (N-methyl/N-ethyl adjacent to an activating group) is 1. The molecule has 7 heteroatoms. The maximum atomic E-state index is 12.6. The van der Waals surface area contributed by atoms with Crippen molar-refractivity contribution in [3.05, 3.63) is 52.5 Å². The highest BCUT2D eigenvalue weighted by molar-refractivity contribution is 7.18. The van der Waals surface area contributed by atoms with Crippen LogP contribution >= 0.6 is 22.9 Å². The van der Waals surface area contributed by atoms with Gasteiger partial charge in [0.15, 0.2) is 0 Å². The Bertz CT molecular complexity index is 895. The fraction of sp³-hybridized carbons (Fsp3) is 0.263. The van der Waals surface area contributed by atoms with Gasteiger partial charge in [-0.1, -0.05) is 23.7 Å². The van der Waals surface area contributed by atoms with Gasteiger partial charge in [-0.25, -0.2) is 4.98 Å². The Labute approximate surface area is 161 Å². The number of anilines is 1. The van der Waals surface area contributed by atoms with Gasteiger partial charge in [-0.15, -0.1) is 11.3 Å². The van der Waals surface area contributed by atoms with E-state index < -0.39 is 0 Å². The second-order valence-corrected chi connectivity index (χ2v) is 7.55. The average Bonchev–Trinajstić information content (AvgIpc) is 3.03. The number of hydrogen-bond acceptors (Lipinski definition) is 5. The highest BCUT2D eigenvalue weighted by atomic mass is 35.5.